The van der Waals surface area contributed by atoms with Crippen LogP contribution in [0.3, 0.4) is 0 Å². The van der Waals surface area contributed by atoms with Gasteiger partial charge in [0.15, 0.2) is 36.0 Å². The molecule has 2 rings (SSSR count). The lowest BCUT2D eigenvalue weighted by Gasteiger charge is -2.39. The number of rotatable bonds is 41. The van der Waals surface area contributed by atoms with Crippen molar-refractivity contribution in [3.05, 3.63) is 34.1 Å². The van der Waals surface area contributed by atoms with Crippen LogP contribution in [0.2, 0.25) is 0 Å². The molecule has 2 aliphatic heterocycles. The molecule has 0 aromatic heterocycles. The fourth-order valence-corrected chi connectivity index (χ4v) is 8.90. The van der Waals surface area contributed by atoms with Gasteiger partial charge in [-0.25, -0.2) is 24.4 Å². The number of unbranched alkanes of at least 4 members (excludes halogenated alkanes) is 8. The highest BCUT2D eigenvalue weighted by molar-refractivity contribution is 5.92. The summed E-state index contributed by atoms with van der Waals surface area (Å²) in [4.78, 5) is 124. The van der Waals surface area contributed by atoms with Crippen LogP contribution < -0.4 is 44.2 Å². The summed E-state index contributed by atoms with van der Waals surface area (Å²) in [7, 11) is 0. The zero-order valence-corrected chi connectivity index (χ0v) is 46.8. The summed E-state index contributed by atoms with van der Waals surface area (Å²) in [6.45, 7) is 1.46. The maximum absolute atomic E-state index is 13.3. The van der Waals surface area contributed by atoms with E-state index in [1.165, 1.54) is 6.08 Å². The molecule has 0 aromatic carbocycles. The standard InChI is InChI=1S/C51H83N13O19/c1-28-32(62-49(52)53)24-37(47(75)76)80-43(28)44(35(70)26-65)82-41(74)16-10-6-4-7-11-21-57-39(72)20-19-34(69)31(61-40(73)15-13-23-59-64-56)18-17-30(68)14-9-5-3-8-12-22-58-51(79)83-45(36(71)27-66)46-42(60-29(2)67)33(63-50(54)55)25-38(81-46)48(77)78/h24-25,28,31-33,35-36,42-46,65-66,70-71H,3-23,26-27H2,1-2H3,(H,57,72)(H,58,79)(H,60,67)(H,61,73)(H,75,76)(H,77,78)(H4,52,53,62)(H4,54,55,63)/t28-,31-,32+,33+,35-,36-,42-,43-,44-,45-,46-/m1/s1. The molecule has 18 N–H and O–H groups in total. The van der Waals surface area contributed by atoms with Crippen LogP contribution in [0.4, 0.5) is 4.79 Å². The first-order valence-electron chi connectivity index (χ1n) is 27.4. The molecule has 0 saturated heterocycles. The normalized spacial score (nSPS) is 19.9. The number of aliphatic imine (C=N–C) groups is 2. The van der Waals surface area contributed by atoms with E-state index in [2.05, 4.69) is 41.3 Å². The van der Waals surface area contributed by atoms with Gasteiger partial charge in [0, 0.05) is 75.9 Å². The molecule has 83 heavy (non-hydrogen) atoms. The Bertz CT molecular complexity index is 2340. The highest BCUT2D eigenvalue weighted by Crippen LogP contribution is 2.31. The maximum Gasteiger partial charge on any atom is 0.407 e. The predicted octanol–water partition coefficient (Wildman–Crippen LogP) is -1.07. The van der Waals surface area contributed by atoms with Crippen molar-refractivity contribution in [1.29, 1.82) is 0 Å². The molecule has 2 aliphatic rings. The molecule has 0 saturated carbocycles. The molecule has 0 radical (unpaired) electrons. The number of nitrogens with zero attached hydrogens (tertiary/aromatic N) is 5. The van der Waals surface area contributed by atoms with E-state index in [4.69, 9.17) is 47.4 Å². The maximum atomic E-state index is 13.3. The van der Waals surface area contributed by atoms with E-state index in [9.17, 15) is 73.8 Å². The number of aliphatic hydroxyl groups excluding tert-OH is 4. The van der Waals surface area contributed by atoms with Crippen LogP contribution in [0.5, 0.6) is 0 Å². The van der Waals surface area contributed by atoms with Gasteiger partial charge in [-0.3, -0.25) is 28.8 Å². The molecular weight excluding hydrogens is 1100 g/mol. The first kappa shape index (κ1) is 71.3. The van der Waals surface area contributed by atoms with E-state index in [1.54, 1.807) is 6.92 Å². The van der Waals surface area contributed by atoms with Gasteiger partial charge in [0.2, 0.25) is 29.2 Å². The van der Waals surface area contributed by atoms with Gasteiger partial charge in [-0.1, -0.05) is 50.6 Å². The number of amides is 4. The number of hydrogen-bond donors (Lipinski definition) is 14. The SMILES string of the molecule is CC(=O)N[C@H]1[C@H]([C@H](OC(=O)NCCCCCCCC(=O)CC[C@@H](NC(=O)CCCN=[N+]=[N-])C(=O)CCC(=O)NCCCCCCCC(=O)O[C@@H]([C@@H]2OC(C(=O)O)=C[C@H](N=C(N)N)[C@H]2C)[C@H](O)CO)[C@H](O)CO)OC(C(=O)O)=C[C@@H]1N=C(N)N. The number of azide groups is 1. The summed E-state index contributed by atoms with van der Waals surface area (Å²) >= 11 is 0. The summed E-state index contributed by atoms with van der Waals surface area (Å²) in [5, 5.41) is 73.6. The number of nitrogens with two attached hydrogens (primary N) is 4. The number of nitrogens with one attached hydrogen (secondary N) is 4. The van der Waals surface area contributed by atoms with Gasteiger partial charge in [0.25, 0.3) is 0 Å². The third-order valence-electron chi connectivity index (χ3n) is 13.2. The number of ketones is 2. The quantitative estimate of drug-likeness (QED) is 0.00659. The average molecular weight is 1180 g/mol. The molecular formula is C51H83N13O19. The second kappa shape index (κ2) is 38.8. The minimum atomic E-state index is -1.80. The number of carbonyl (C=O) groups is 9. The van der Waals surface area contributed by atoms with Crippen molar-refractivity contribution in [2.75, 3.05) is 32.8 Å². The minimum absolute atomic E-state index is 0.00221. The molecule has 2 heterocycles. The minimum Gasteiger partial charge on any atom is -0.479 e. The van der Waals surface area contributed by atoms with E-state index >= 15 is 0 Å². The van der Waals surface area contributed by atoms with Crippen molar-refractivity contribution in [2.24, 2.45) is 44.0 Å². The molecule has 0 spiro atoms. The number of guanidine groups is 2. The third kappa shape index (κ3) is 27.7. The zero-order valence-electron chi connectivity index (χ0n) is 46.8. The van der Waals surface area contributed by atoms with Crippen molar-refractivity contribution >= 4 is 65.2 Å². The lowest BCUT2D eigenvalue weighted by Crippen LogP contribution is -2.61. The Labute approximate surface area is 479 Å². The van der Waals surface area contributed by atoms with Gasteiger partial charge in [-0.05, 0) is 56.2 Å². The molecule has 0 fully saturated rings. The number of aliphatic carboxylic acids is 2. The molecule has 32 heteroatoms. The Kier molecular flexibility index (Phi) is 33.4. The smallest absolute Gasteiger partial charge is 0.407 e. The first-order valence-corrected chi connectivity index (χ1v) is 27.4. The summed E-state index contributed by atoms with van der Waals surface area (Å²) in [5.41, 5.74) is 30.6. The number of hydrogen-bond acceptors (Lipinski definition) is 20. The number of carboxylic acids is 2. The number of carbonyl (C=O) groups excluding carboxylic acids is 7. The number of aliphatic hydroxyl groups is 4. The Morgan fingerprint density at radius 2 is 1.19 bits per heavy atom. The largest absolute Gasteiger partial charge is 0.479 e. The number of carboxylic acid groups (broad SMARTS) is 2. The van der Waals surface area contributed by atoms with Crippen molar-refractivity contribution in [3.63, 3.8) is 0 Å². The Balaban J connectivity index is 1.78. The Hall–Kier alpha value is -7.80. The van der Waals surface area contributed by atoms with Crippen molar-refractivity contribution in [3.8, 4) is 0 Å². The summed E-state index contributed by atoms with van der Waals surface area (Å²) in [6, 6.07) is -4.40. The fourth-order valence-electron chi connectivity index (χ4n) is 8.90. The topological polar surface area (TPSA) is 538 Å². The van der Waals surface area contributed by atoms with Crippen molar-refractivity contribution in [1.82, 2.24) is 21.3 Å². The van der Waals surface area contributed by atoms with Crippen LogP contribution in [0.1, 0.15) is 129 Å². The molecule has 4 amide bonds. The third-order valence-corrected chi connectivity index (χ3v) is 13.2. The average Bonchev–Trinajstić information content (AvgIpc) is 3.43. The van der Waals surface area contributed by atoms with Gasteiger partial charge in [0.1, 0.15) is 24.1 Å². The van der Waals surface area contributed by atoms with Crippen molar-refractivity contribution < 1.29 is 92.7 Å². The summed E-state index contributed by atoms with van der Waals surface area (Å²) in [5.74, 6) is -8.45. The number of esters is 1. The van der Waals surface area contributed by atoms with Crippen LogP contribution in [0, 0.1) is 5.92 Å². The van der Waals surface area contributed by atoms with E-state index in [-0.39, 0.29) is 76.2 Å². The Morgan fingerprint density at radius 1 is 0.663 bits per heavy atom. The molecule has 466 valence electrons. The van der Waals surface area contributed by atoms with Gasteiger partial charge < -0.3 is 93.8 Å². The van der Waals surface area contributed by atoms with Gasteiger partial charge in [-0.15, -0.1) is 0 Å². The first-order chi connectivity index (χ1) is 39.4. The van der Waals surface area contributed by atoms with Gasteiger partial charge in [-0.2, -0.15) is 0 Å². The number of ether oxygens (including phenoxy) is 4. The van der Waals surface area contributed by atoms with E-state index in [1.807, 2.05) is 0 Å². The predicted molar refractivity (Wildman–Crippen MR) is 294 cm³/mol. The van der Waals surface area contributed by atoms with Crippen LogP contribution in [-0.2, 0) is 57.3 Å². The van der Waals surface area contributed by atoms with Crippen LogP contribution >= 0.6 is 0 Å². The van der Waals surface area contributed by atoms with Gasteiger partial charge in [0.05, 0.1) is 37.4 Å². The lowest BCUT2D eigenvalue weighted by atomic mass is 9.87. The molecule has 0 aliphatic carbocycles. The molecule has 32 nitrogen and oxygen atoms in total. The Morgan fingerprint density at radius 3 is 1.76 bits per heavy atom. The monoisotopic (exact) mass is 1180 g/mol. The highest BCUT2D eigenvalue weighted by Gasteiger charge is 2.47. The molecule has 11 atom stereocenters. The second-order valence-corrected chi connectivity index (χ2v) is 19.9. The molecule has 0 bridgehead atoms. The van der Waals surface area contributed by atoms with E-state index in [0.29, 0.717) is 70.8 Å². The zero-order chi connectivity index (χ0) is 62.0. The highest BCUT2D eigenvalue weighted by atomic mass is 16.6. The molecule has 0 unspecified atom stereocenters. The van der Waals surface area contributed by atoms with E-state index < -0.39 is 145 Å². The van der Waals surface area contributed by atoms with Crippen molar-refractivity contribution in [2.45, 2.75) is 190 Å². The van der Waals surface area contributed by atoms with Crippen LogP contribution in [-0.4, -0.2) is 189 Å². The summed E-state index contributed by atoms with van der Waals surface area (Å²) < 4.78 is 21.9. The van der Waals surface area contributed by atoms with E-state index in [0.717, 1.165) is 13.0 Å². The fraction of sp³-hybridized carbons (Fsp3) is 0.706. The molecule has 0 aromatic rings. The van der Waals surface area contributed by atoms with Crippen LogP contribution in [0.25, 0.3) is 10.4 Å². The summed E-state index contributed by atoms with van der Waals surface area (Å²) in [6.07, 6.45) is -2.48. The van der Waals surface area contributed by atoms with Crippen LogP contribution in [0.15, 0.2) is 38.8 Å². The lowest BCUT2D eigenvalue weighted by molar-refractivity contribution is -0.176. The second-order valence-electron chi connectivity index (χ2n) is 19.9. The van der Waals surface area contributed by atoms with Gasteiger partial charge >= 0.3 is 24.0 Å². The number of alkyl carbamates (subject to hydrolysis) is 1. The number of Topliss-reactive ketones (excluding diaryl/α,β-unsaturated/α-hetero) is 2.